The molecule has 4 heterocycles. The summed E-state index contributed by atoms with van der Waals surface area (Å²) in [7, 11) is 0. The van der Waals surface area contributed by atoms with E-state index in [1.54, 1.807) is 4.90 Å². The highest BCUT2D eigenvalue weighted by Crippen LogP contribution is 2.43. The van der Waals surface area contributed by atoms with Crippen LogP contribution in [-0.2, 0) is 6.18 Å². The van der Waals surface area contributed by atoms with Crippen LogP contribution in [0.1, 0.15) is 39.1 Å². The Balaban J connectivity index is 1.48. The van der Waals surface area contributed by atoms with Gasteiger partial charge in [-0.3, -0.25) is 0 Å². The molecule has 1 unspecified atom stereocenters. The number of carboxylic acids is 1. The van der Waals surface area contributed by atoms with Gasteiger partial charge in [-0.15, -0.1) is 11.3 Å². The second-order valence-corrected chi connectivity index (χ2v) is 9.74. The van der Waals surface area contributed by atoms with Crippen LogP contribution in [0, 0.1) is 0 Å². The smallest absolute Gasteiger partial charge is 0.417 e. The number of anilines is 3. The van der Waals surface area contributed by atoms with Crippen molar-refractivity contribution in [2.24, 2.45) is 0 Å². The molecule has 0 aromatic carbocycles. The standard InChI is InChI=1S/C19H21F3N6O3S2/c20-19(21,22)9-5-12(27-16-13(9)14(23)15(33-16)17(30)31)28-3-1-8(2-4-28)25-6-10(29)11-7-26-18(24)32-11/h5,7-8,10,25,29H,1-4,6,23H2,(H2,24,26)(H,30,31). The van der Waals surface area contributed by atoms with Crippen molar-refractivity contribution in [3.8, 4) is 0 Å². The lowest BCUT2D eigenvalue weighted by molar-refractivity contribution is -0.136. The van der Waals surface area contributed by atoms with E-state index >= 15 is 0 Å². The number of hydrogen-bond donors (Lipinski definition) is 5. The molecule has 3 aromatic rings. The SMILES string of the molecule is Nc1ncc(C(O)CNC2CCN(c3cc(C(F)(F)F)c4c(N)c(C(=O)O)sc4n3)CC2)s1. The number of rotatable bonds is 6. The van der Waals surface area contributed by atoms with E-state index < -0.39 is 29.5 Å². The lowest BCUT2D eigenvalue weighted by atomic mass is 10.0. The number of nitrogens with two attached hydrogens (primary N) is 2. The van der Waals surface area contributed by atoms with Gasteiger partial charge in [0.1, 0.15) is 21.6 Å². The molecule has 33 heavy (non-hydrogen) atoms. The minimum Gasteiger partial charge on any atom is -0.477 e. The molecule has 1 fully saturated rings. The summed E-state index contributed by atoms with van der Waals surface area (Å²) in [5, 5.41) is 22.8. The fourth-order valence-corrected chi connectivity index (χ4v) is 5.42. The summed E-state index contributed by atoms with van der Waals surface area (Å²) in [5.41, 5.74) is 9.90. The quantitative estimate of drug-likeness (QED) is 0.343. The highest BCUT2D eigenvalue weighted by Gasteiger charge is 2.37. The van der Waals surface area contributed by atoms with E-state index in [1.165, 1.54) is 17.5 Å². The summed E-state index contributed by atoms with van der Waals surface area (Å²) < 4.78 is 41.2. The number of nitrogen functional groups attached to an aromatic ring is 2. The zero-order valence-corrected chi connectivity index (χ0v) is 18.7. The molecular formula is C19H21F3N6O3S2. The lowest BCUT2D eigenvalue weighted by Gasteiger charge is -2.34. The number of carboxylic acid groups (broad SMARTS) is 1. The highest BCUT2D eigenvalue weighted by molar-refractivity contribution is 7.21. The van der Waals surface area contributed by atoms with Gasteiger partial charge in [-0.05, 0) is 18.9 Å². The Morgan fingerprint density at radius 1 is 1.30 bits per heavy atom. The Morgan fingerprint density at radius 2 is 2.00 bits per heavy atom. The van der Waals surface area contributed by atoms with Gasteiger partial charge in [0.2, 0.25) is 0 Å². The van der Waals surface area contributed by atoms with Gasteiger partial charge in [0.15, 0.2) is 5.13 Å². The van der Waals surface area contributed by atoms with Crippen LogP contribution in [0.4, 0.5) is 29.8 Å². The first-order valence-corrected chi connectivity index (χ1v) is 11.6. The summed E-state index contributed by atoms with van der Waals surface area (Å²) in [6.45, 7) is 1.20. The number of fused-ring (bicyclic) bond motifs is 1. The second-order valence-electron chi connectivity index (χ2n) is 7.64. The number of carbonyl (C=O) groups is 1. The predicted octanol–water partition coefficient (Wildman–Crippen LogP) is 2.93. The molecule has 0 spiro atoms. The van der Waals surface area contributed by atoms with Crippen LogP contribution in [-0.4, -0.2) is 51.8 Å². The zero-order valence-electron chi connectivity index (χ0n) is 17.1. The maximum absolute atomic E-state index is 13.7. The molecule has 3 aromatic heterocycles. The van der Waals surface area contributed by atoms with Crippen molar-refractivity contribution in [3.63, 3.8) is 0 Å². The van der Waals surface area contributed by atoms with Crippen LogP contribution in [0.15, 0.2) is 12.3 Å². The van der Waals surface area contributed by atoms with E-state index in [2.05, 4.69) is 15.3 Å². The summed E-state index contributed by atoms with van der Waals surface area (Å²) in [5.74, 6) is -1.26. The van der Waals surface area contributed by atoms with Gasteiger partial charge in [-0.2, -0.15) is 13.2 Å². The van der Waals surface area contributed by atoms with Gasteiger partial charge >= 0.3 is 12.1 Å². The van der Waals surface area contributed by atoms with Gasteiger partial charge in [0, 0.05) is 37.3 Å². The van der Waals surface area contributed by atoms with Crippen LogP contribution in [0.5, 0.6) is 0 Å². The number of thiophene rings is 1. The number of aliphatic hydroxyl groups excluding tert-OH is 1. The number of piperidine rings is 1. The van der Waals surface area contributed by atoms with E-state index in [0.29, 0.717) is 53.8 Å². The number of thiazole rings is 1. The monoisotopic (exact) mass is 502 g/mol. The van der Waals surface area contributed by atoms with E-state index in [-0.39, 0.29) is 27.0 Å². The first kappa shape index (κ1) is 23.5. The first-order chi connectivity index (χ1) is 15.5. The van der Waals surface area contributed by atoms with E-state index in [9.17, 15) is 28.2 Å². The number of nitrogens with one attached hydrogen (secondary N) is 1. The second kappa shape index (κ2) is 8.93. The third kappa shape index (κ3) is 4.83. The summed E-state index contributed by atoms with van der Waals surface area (Å²) in [6, 6.07) is 1.01. The molecule has 0 amide bonds. The largest absolute Gasteiger partial charge is 0.477 e. The van der Waals surface area contributed by atoms with Crippen LogP contribution < -0.4 is 21.7 Å². The van der Waals surface area contributed by atoms with Crippen LogP contribution in [0.3, 0.4) is 0 Å². The molecule has 1 atom stereocenters. The maximum atomic E-state index is 13.7. The fourth-order valence-electron chi connectivity index (χ4n) is 3.80. The molecule has 9 nitrogen and oxygen atoms in total. The molecule has 1 saturated heterocycles. The minimum absolute atomic E-state index is 0.0538. The van der Waals surface area contributed by atoms with Gasteiger partial charge in [0.25, 0.3) is 0 Å². The van der Waals surface area contributed by atoms with Crippen LogP contribution in [0.25, 0.3) is 10.2 Å². The molecule has 0 saturated carbocycles. The third-order valence-electron chi connectivity index (χ3n) is 5.47. The maximum Gasteiger partial charge on any atom is 0.417 e. The Labute approximate surface area is 193 Å². The van der Waals surface area contributed by atoms with Gasteiger partial charge in [-0.1, -0.05) is 11.3 Å². The van der Waals surface area contributed by atoms with E-state index in [0.717, 1.165) is 6.07 Å². The fraction of sp³-hybridized carbons (Fsp3) is 0.421. The average molecular weight is 503 g/mol. The number of alkyl halides is 3. The Kier molecular flexibility index (Phi) is 6.35. The molecule has 4 rings (SSSR count). The van der Waals surface area contributed by atoms with Crippen LogP contribution in [0.2, 0.25) is 0 Å². The highest BCUT2D eigenvalue weighted by atomic mass is 32.1. The molecule has 0 bridgehead atoms. The average Bonchev–Trinajstić information content (AvgIpc) is 3.34. The topological polar surface area (TPSA) is 151 Å². The van der Waals surface area contributed by atoms with Gasteiger partial charge < -0.3 is 31.9 Å². The molecule has 14 heteroatoms. The first-order valence-electron chi connectivity index (χ1n) is 9.95. The van der Waals surface area contributed by atoms with Crippen molar-refractivity contribution in [2.75, 3.05) is 36.0 Å². The number of nitrogens with zero attached hydrogens (tertiary/aromatic N) is 3. The third-order valence-corrected chi connectivity index (χ3v) is 7.49. The van der Waals surface area contributed by atoms with Crippen molar-refractivity contribution >= 4 is 55.5 Å². The van der Waals surface area contributed by atoms with Crippen molar-refractivity contribution < 1.29 is 28.2 Å². The number of hydrogen-bond acceptors (Lipinski definition) is 10. The molecular weight excluding hydrogens is 481 g/mol. The lowest BCUT2D eigenvalue weighted by Crippen LogP contribution is -2.44. The normalized spacial score (nSPS) is 16.4. The number of halogens is 3. The van der Waals surface area contributed by atoms with Gasteiger partial charge in [-0.25, -0.2) is 14.8 Å². The number of aliphatic hydroxyl groups is 1. The molecule has 1 aliphatic heterocycles. The minimum atomic E-state index is -4.71. The predicted molar refractivity (Wildman–Crippen MR) is 121 cm³/mol. The number of pyridine rings is 1. The van der Waals surface area contributed by atoms with Crippen molar-refractivity contribution in [1.29, 1.82) is 0 Å². The summed E-state index contributed by atoms with van der Waals surface area (Å²) in [6.07, 6.45) is -2.67. The van der Waals surface area contributed by atoms with E-state index in [1.807, 2.05) is 0 Å². The molecule has 1 aliphatic rings. The molecule has 178 valence electrons. The summed E-state index contributed by atoms with van der Waals surface area (Å²) in [4.78, 5) is 21.6. The van der Waals surface area contributed by atoms with Crippen LogP contribution >= 0.6 is 22.7 Å². The summed E-state index contributed by atoms with van der Waals surface area (Å²) >= 11 is 1.85. The van der Waals surface area contributed by atoms with Gasteiger partial charge in [0.05, 0.1) is 16.1 Å². The zero-order chi connectivity index (χ0) is 23.9. The Bertz CT molecular complexity index is 1170. The van der Waals surface area contributed by atoms with Crippen molar-refractivity contribution in [1.82, 2.24) is 15.3 Å². The number of aromatic nitrogens is 2. The Morgan fingerprint density at radius 3 is 2.58 bits per heavy atom. The molecule has 0 aliphatic carbocycles. The van der Waals surface area contributed by atoms with E-state index in [4.69, 9.17) is 11.5 Å². The van der Waals surface area contributed by atoms with Crippen molar-refractivity contribution in [2.45, 2.75) is 31.2 Å². The molecule has 0 radical (unpaired) electrons. The number of aromatic carboxylic acids is 1. The van der Waals surface area contributed by atoms with Crippen molar-refractivity contribution in [3.05, 3.63) is 27.6 Å². The Hall–Kier alpha value is -2.68. The molecule has 7 N–H and O–H groups in total.